The van der Waals surface area contributed by atoms with Crippen molar-refractivity contribution < 1.29 is 0 Å². The molecule has 1 N–H and O–H groups in total. The molecule has 1 aromatic carbocycles. The Hall–Kier alpha value is -1.52. The summed E-state index contributed by atoms with van der Waals surface area (Å²) >= 11 is 0. The molecule has 3 rings (SSSR count). The molecule has 0 radical (unpaired) electrons. The van der Waals surface area contributed by atoms with E-state index in [1.54, 1.807) is 0 Å². The average molecular weight is 270 g/mol. The molecule has 1 fully saturated rings. The van der Waals surface area contributed by atoms with E-state index >= 15 is 0 Å². The summed E-state index contributed by atoms with van der Waals surface area (Å²) < 4.78 is 0. The van der Waals surface area contributed by atoms with Gasteiger partial charge in [0.15, 0.2) is 0 Å². The van der Waals surface area contributed by atoms with E-state index in [4.69, 9.17) is 0 Å². The summed E-state index contributed by atoms with van der Waals surface area (Å²) in [5.74, 6) is 0.683. The molecule has 4 nitrogen and oxygen atoms in total. The quantitative estimate of drug-likeness (QED) is 0.927. The van der Waals surface area contributed by atoms with Crippen LogP contribution in [-0.4, -0.2) is 41.0 Å². The third kappa shape index (κ3) is 2.97. The summed E-state index contributed by atoms with van der Waals surface area (Å²) in [5, 5.41) is 3.64. The summed E-state index contributed by atoms with van der Waals surface area (Å²) in [5.41, 5.74) is 2.96. The van der Waals surface area contributed by atoms with Gasteiger partial charge in [0.05, 0.1) is 22.9 Å². The fourth-order valence-electron chi connectivity index (χ4n) is 2.97. The largest absolute Gasteiger partial charge is 0.308 e. The third-order valence-corrected chi connectivity index (χ3v) is 4.15. The van der Waals surface area contributed by atoms with Gasteiger partial charge >= 0.3 is 0 Å². The second-order valence-electron chi connectivity index (χ2n) is 5.87. The Balaban J connectivity index is 1.65. The monoisotopic (exact) mass is 270 g/mol. The van der Waals surface area contributed by atoms with Gasteiger partial charge in [0.2, 0.25) is 0 Å². The summed E-state index contributed by atoms with van der Waals surface area (Å²) in [6.45, 7) is 5.46. The van der Waals surface area contributed by atoms with E-state index in [0.29, 0.717) is 12.0 Å². The van der Waals surface area contributed by atoms with Gasteiger partial charge in [-0.1, -0.05) is 19.1 Å². The van der Waals surface area contributed by atoms with E-state index in [-0.39, 0.29) is 0 Å². The highest BCUT2D eigenvalue weighted by atomic mass is 15.1. The molecule has 1 aliphatic heterocycles. The number of hydrogen-bond donors (Lipinski definition) is 1. The molecule has 2 unspecified atom stereocenters. The summed E-state index contributed by atoms with van der Waals surface area (Å²) in [6.07, 6.45) is 3.09. The zero-order valence-corrected chi connectivity index (χ0v) is 12.2. The molecule has 1 aromatic heterocycles. The topological polar surface area (TPSA) is 41.0 Å². The fraction of sp³-hybridized carbons (Fsp3) is 0.500. The minimum absolute atomic E-state index is 0.583. The van der Waals surface area contributed by atoms with E-state index in [9.17, 15) is 0 Å². The molecule has 106 valence electrons. The minimum atomic E-state index is 0.583. The van der Waals surface area contributed by atoms with Gasteiger partial charge in [-0.25, -0.2) is 4.98 Å². The average Bonchev–Trinajstić information content (AvgIpc) is 2.46. The van der Waals surface area contributed by atoms with Gasteiger partial charge in [0.25, 0.3) is 0 Å². The summed E-state index contributed by atoms with van der Waals surface area (Å²) in [7, 11) is 2.20. The van der Waals surface area contributed by atoms with Gasteiger partial charge < -0.3 is 10.2 Å². The standard InChI is InChI=1S/C16H22N4/c1-12-11-20(2)8-7-14(12)17-9-13-10-18-15-5-3-4-6-16(15)19-13/h3-6,10,12,14,17H,7-9,11H2,1-2H3. The predicted octanol–water partition coefficient (Wildman–Crippen LogP) is 2.06. The number of likely N-dealkylation sites (tertiary alicyclic amines) is 1. The Labute approximate surface area is 120 Å². The molecule has 0 spiro atoms. The van der Waals surface area contributed by atoms with Gasteiger partial charge in [-0.2, -0.15) is 0 Å². The maximum absolute atomic E-state index is 4.66. The molecule has 20 heavy (non-hydrogen) atoms. The van der Waals surface area contributed by atoms with Crippen LogP contribution >= 0.6 is 0 Å². The molecule has 1 saturated heterocycles. The van der Waals surface area contributed by atoms with Crippen molar-refractivity contribution in [2.24, 2.45) is 5.92 Å². The Morgan fingerprint density at radius 2 is 2.10 bits per heavy atom. The normalized spacial score (nSPS) is 24.1. The molecule has 2 aromatic rings. The first-order chi connectivity index (χ1) is 9.72. The highest BCUT2D eigenvalue weighted by molar-refractivity contribution is 5.73. The molecule has 0 bridgehead atoms. The molecule has 0 amide bonds. The van der Waals surface area contributed by atoms with Crippen LogP contribution < -0.4 is 5.32 Å². The second-order valence-corrected chi connectivity index (χ2v) is 5.87. The highest BCUT2D eigenvalue weighted by Gasteiger charge is 2.23. The van der Waals surface area contributed by atoms with E-state index < -0.39 is 0 Å². The molecule has 1 aliphatic rings. The van der Waals surface area contributed by atoms with Crippen molar-refractivity contribution in [1.82, 2.24) is 20.2 Å². The Morgan fingerprint density at radius 1 is 1.30 bits per heavy atom. The van der Waals surface area contributed by atoms with Crippen molar-refractivity contribution >= 4 is 11.0 Å². The number of benzene rings is 1. The van der Waals surface area contributed by atoms with Crippen LogP contribution in [-0.2, 0) is 6.54 Å². The smallest absolute Gasteiger partial charge is 0.0890 e. The maximum Gasteiger partial charge on any atom is 0.0890 e. The van der Waals surface area contributed by atoms with Crippen LogP contribution in [0.25, 0.3) is 11.0 Å². The van der Waals surface area contributed by atoms with Gasteiger partial charge in [-0.05, 0) is 38.1 Å². The molecular formula is C16H22N4. The number of fused-ring (bicyclic) bond motifs is 1. The van der Waals surface area contributed by atoms with Gasteiger partial charge in [-0.15, -0.1) is 0 Å². The first-order valence-corrected chi connectivity index (χ1v) is 7.35. The van der Waals surface area contributed by atoms with Crippen molar-refractivity contribution in [2.75, 3.05) is 20.1 Å². The van der Waals surface area contributed by atoms with Gasteiger partial charge in [0.1, 0.15) is 0 Å². The van der Waals surface area contributed by atoms with Crippen LogP contribution in [0.4, 0.5) is 0 Å². The van der Waals surface area contributed by atoms with Crippen LogP contribution in [0.2, 0.25) is 0 Å². The van der Waals surface area contributed by atoms with Crippen LogP contribution in [0.15, 0.2) is 30.5 Å². The second kappa shape index (κ2) is 5.85. The van der Waals surface area contributed by atoms with Crippen molar-refractivity contribution in [2.45, 2.75) is 25.9 Å². The number of piperidine rings is 1. The molecule has 2 atom stereocenters. The van der Waals surface area contributed by atoms with E-state index in [0.717, 1.165) is 23.3 Å². The van der Waals surface area contributed by atoms with Gasteiger partial charge in [-0.3, -0.25) is 4.98 Å². The summed E-state index contributed by atoms with van der Waals surface area (Å²) in [6, 6.07) is 8.60. The fourth-order valence-corrected chi connectivity index (χ4v) is 2.97. The predicted molar refractivity (Wildman–Crippen MR) is 81.4 cm³/mol. The number of hydrogen-bond acceptors (Lipinski definition) is 4. The minimum Gasteiger partial charge on any atom is -0.308 e. The highest BCUT2D eigenvalue weighted by Crippen LogP contribution is 2.16. The lowest BCUT2D eigenvalue weighted by Gasteiger charge is -2.35. The van der Waals surface area contributed by atoms with E-state index in [1.807, 2.05) is 30.5 Å². The number of aromatic nitrogens is 2. The number of nitrogens with one attached hydrogen (secondary N) is 1. The van der Waals surface area contributed by atoms with Crippen molar-refractivity contribution in [3.63, 3.8) is 0 Å². The Bertz CT molecular complexity index is 583. The molecule has 2 heterocycles. The van der Waals surface area contributed by atoms with Crippen molar-refractivity contribution in [3.05, 3.63) is 36.2 Å². The van der Waals surface area contributed by atoms with Crippen molar-refractivity contribution in [3.8, 4) is 0 Å². The third-order valence-electron chi connectivity index (χ3n) is 4.15. The van der Waals surface area contributed by atoms with Crippen molar-refractivity contribution in [1.29, 1.82) is 0 Å². The maximum atomic E-state index is 4.66. The molecular weight excluding hydrogens is 248 g/mol. The lowest BCUT2D eigenvalue weighted by atomic mass is 9.94. The molecule has 4 heteroatoms. The first-order valence-electron chi connectivity index (χ1n) is 7.35. The van der Waals surface area contributed by atoms with Crippen LogP contribution in [0.5, 0.6) is 0 Å². The Kier molecular flexibility index (Phi) is 3.94. The lowest BCUT2D eigenvalue weighted by molar-refractivity contribution is 0.174. The number of nitrogens with zero attached hydrogens (tertiary/aromatic N) is 3. The number of para-hydroxylation sites is 2. The Morgan fingerprint density at radius 3 is 2.90 bits per heavy atom. The van der Waals surface area contributed by atoms with E-state index in [2.05, 4.69) is 34.2 Å². The summed E-state index contributed by atoms with van der Waals surface area (Å²) in [4.78, 5) is 11.5. The number of rotatable bonds is 3. The molecule has 0 saturated carbocycles. The van der Waals surface area contributed by atoms with Crippen LogP contribution in [0, 0.1) is 5.92 Å². The zero-order chi connectivity index (χ0) is 13.9. The zero-order valence-electron chi connectivity index (χ0n) is 12.2. The van der Waals surface area contributed by atoms with E-state index in [1.165, 1.54) is 19.5 Å². The molecule has 0 aliphatic carbocycles. The van der Waals surface area contributed by atoms with Crippen LogP contribution in [0.3, 0.4) is 0 Å². The SMILES string of the molecule is CC1CN(C)CCC1NCc1cnc2ccccc2n1. The van der Waals surface area contributed by atoms with Gasteiger partial charge in [0, 0.05) is 19.1 Å². The first kappa shape index (κ1) is 13.5. The lowest BCUT2D eigenvalue weighted by Crippen LogP contribution is -2.46. The van der Waals surface area contributed by atoms with Crippen LogP contribution in [0.1, 0.15) is 19.0 Å².